The van der Waals surface area contributed by atoms with E-state index in [9.17, 15) is 9.18 Å². The third-order valence-corrected chi connectivity index (χ3v) is 5.29. The normalized spacial score (nSPS) is 16.5. The molecule has 0 N–H and O–H groups in total. The number of fused-ring (bicyclic) bond motifs is 1. The molecule has 3 aromatic rings. The van der Waals surface area contributed by atoms with E-state index < -0.39 is 0 Å². The molecule has 1 amide bonds. The maximum absolute atomic E-state index is 13.1. The van der Waals surface area contributed by atoms with Gasteiger partial charge in [-0.15, -0.1) is 0 Å². The van der Waals surface area contributed by atoms with Gasteiger partial charge in [0.25, 0.3) is 0 Å². The number of likely N-dealkylation sites (tertiary alicyclic amines) is 1. The summed E-state index contributed by atoms with van der Waals surface area (Å²) in [6, 6.07) is 14.6. The molecule has 1 aliphatic heterocycles. The summed E-state index contributed by atoms with van der Waals surface area (Å²) in [7, 11) is 0. The third kappa shape index (κ3) is 3.79. The molecule has 1 aromatic heterocycles. The quantitative estimate of drug-likeness (QED) is 0.632. The second-order valence-electron chi connectivity index (χ2n) is 7.14. The standard InChI is InChI=1S/C23H22FN3O/c1-2-22(28)27-14-13-17(15-27)23-19-5-3-4-6-20(19)25-21(26-23)12-9-16-7-10-18(24)11-8-16/h2-8,10-11,17H,1,9,12-15H2. The second kappa shape index (κ2) is 7.89. The highest BCUT2D eigenvalue weighted by Crippen LogP contribution is 2.31. The van der Waals surface area contributed by atoms with Gasteiger partial charge in [-0.3, -0.25) is 4.79 Å². The fourth-order valence-electron chi connectivity index (χ4n) is 3.79. The van der Waals surface area contributed by atoms with Crippen LogP contribution < -0.4 is 0 Å². The van der Waals surface area contributed by atoms with E-state index in [4.69, 9.17) is 9.97 Å². The summed E-state index contributed by atoms with van der Waals surface area (Å²) in [6.45, 7) is 4.96. The fourth-order valence-corrected chi connectivity index (χ4v) is 3.79. The molecule has 1 saturated heterocycles. The number of carbonyl (C=O) groups excluding carboxylic acids is 1. The van der Waals surface area contributed by atoms with Gasteiger partial charge in [0.15, 0.2) is 0 Å². The van der Waals surface area contributed by atoms with Crippen LogP contribution >= 0.6 is 0 Å². The SMILES string of the molecule is C=CC(=O)N1CCC(c2nc(CCc3ccc(F)cc3)nc3ccccc23)C1. The molecule has 0 radical (unpaired) electrons. The first-order valence-corrected chi connectivity index (χ1v) is 9.55. The van der Waals surface area contributed by atoms with Crippen LogP contribution in [0.25, 0.3) is 10.9 Å². The molecule has 0 aliphatic carbocycles. The molecule has 1 atom stereocenters. The molecule has 5 heteroatoms. The lowest BCUT2D eigenvalue weighted by molar-refractivity contribution is -0.125. The molecule has 28 heavy (non-hydrogen) atoms. The Bertz CT molecular complexity index is 1020. The number of hydrogen-bond acceptors (Lipinski definition) is 3. The zero-order chi connectivity index (χ0) is 19.5. The molecular formula is C23H22FN3O. The maximum atomic E-state index is 13.1. The molecule has 4 nitrogen and oxygen atoms in total. The molecule has 1 unspecified atom stereocenters. The summed E-state index contributed by atoms with van der Waals surface area (Å²) in [5.41, 5.74) is 3.00. The highest BCUT2D eigenvalue weighted by molar-refractivity contribution is 5.87. The molecule has 2 heterocycles. The van der Waals surface area contributed by atoms with Gasteiger partial charge in [0.2, 0.25) is 5.91 Å². The lowest BCUT2D eigenvalue weighted by Gasteiger charge is -2.16. The summed E-state index contributed by atoms with van der Waals surface area (Å²) in [4.78, 5) is 23.4. The van der Waals surface area contributed by atoms with Gasteiger partial charge in [-0.1, -0.05) is 36.9 Å². The van der Waals surface area contributed by atoms with E-state index in [1.54, 1.807) is 12.1 Å². The Labute approximate surface area is 163 Å². The molecule has 142 valence electrons. The minimum Gasteiger partial charge on any atom is -0.338 e. The van der Waals surface area contributed by atoms with Crippen molar-refractivity contribution < 1.29 is 9.18 Å². The average molecular weight is 375 g/mol. The number of aromatic nitrogens is 2. The minimum atomic E-state index is -0.229. The second-order valence-corrected chi connectivity index (χ2v) is 7.14. The van der Waals surface area contributed by atoms with E-state index >= 15 is 0 Å². The largest absolute Gasteiger partial charge is 0.338 e. The molecule has 2 aromatic carbocycles. The van der Waals surface area contributed by atoms with Crippen molar-refractivity contribution in [3.05, 3.63) is 84.1 Å². The molecule has 0 bridgehead atoms. The Kier molecular flexibility index (Phi) is 5.15. The van der Waals surface area contributed by atoms with Crippen molar-refractivity contribution in [3.63, 3.8) is 0 Å². The highest BCUT2D eigenvalue weighted by Gasteiger charge is 2.28. The molecular weight excluding hydrogens is 353 g/mol. The van der Waals surface area contributed by atoms with Crippen molar-refractivity contribution in [3.8, 4) is 0 Å². The van der Waals surface area contributed by atoms with Crippen LogP contribution in [0.3, 0.4) is 0 Å². The van der Waals surface area contributed by atoms with Gasteiger partial charge >= 0.3 is 0 Å². The van der Waals surface area contributed by atoms with Crippen LogP contribution in [0.1, 0.15) is 29.4 Å². The highest BCUT2D eigenvalue weighted by atomic mass is 19.1. The molecule has 0 spiro atoms. The average Bonchev–Trinajstić information content (AvgIpc) is 3.22. The summed E-state index contributed by atoms with van der Waals surface area (Å²) < 4.78 is 13.1. The van der Waals surface area contributed by atoms with E-state index in [0.717, 1.165) is 47.4 Å². The lowest BCUT2D eigenvalue weighted by atomic mass is 9.99. The van der Waals surface area contributed by atoms with Gasteiger partial charge in [-0.25, -0.2) is 14.4 Å². The Hall–Kier alpha value is -3.08. The number of benzene rings is 2. The summed E-state index contributed by atoms with van der Waals surface area (Å²) in [5, 5.41) is 1.05. The van der Waals surface area contributed by atoms with Gasteiger partial charge in [-0.2, -0.15) is 0 Å². The van der Waals surface area contributed by atoms with Gasteiger partial charge in [0.05, 0.1) is 11.2 Å². The Morgan fingerprint density at radius 2 is 1.93 bits per heavy atom. The van der Waals surface area contributed by atoms with Crippen molar-refractivity contribution in [1.29, 1.82) is 0 Å². The number of hydrogen-bond donors (Lipinski definition) is 0. The van der Waals surface area contributed by atoms with Crippen LogP contribution in [-0.2, 0) is 17.6 Å². The molecule has 1 fully saturated rings. The van der Waals surface area contributed by atoms with Gasteiger partial charge in [0.1, 0.15) is 11.6 Å². The number of aryl methyl sites for hydroxylation is 2. The predicted octanol–water partition coefficient (Wildman–Crippen LogP) is 4.06. The Balaban J connectivity index is 1.61. The monoisotopic (exact) mass is 375 g/mol. The summed E-state index contributed by atoms with van der Waals surface area (Å²) >= 11 is 0. The predicted molar refractivity (Wildman–Crippen MR) is 107 cm³/mol. The Morgan fingerprint density at radius 3 is 2.71 bits per heavy atom. The van der Waals surface area contributed by atoms with Crippen molar-refractivity contribution >= 4 is 16.8 Å². The van der Waals surface area contributed by atoms with Crippen LogP contribution in [-0.4, -0.2) is 33.9 Å². The zero-order valence-electron chi connectivity index (χ0n) is 15.6. The number of rotatable bonds is 5. The first-order valence-electron chi connectivity index (χ1n) is 9.55. The van der Waals surface area contributed by atoms with Crippen LogP contribution in [0.5, 0.6) is 0 Å². The van der Waals surface area contributed by atoms with Gasteiger partial charge < -0.3 is 4.90 Å². The number of nitrogens with zero attached hydrogens (tertiary/aromatic N) is 3. The summed E-state index contributed by atoms with van der Waals surface area (Å²) in [5.74, 6) is 0.720. The third-order valence-electron chi connectivity index (χ3n) is 5.29. The lowest BCUT2D eigenvalue weighted by Crippen LogP contribution is -2.26. The number of halogens is 1. The topological polar surface area (TPSA) is 46.1 Å². The van der Waals surface area contributed by atoms with E-state index in [-0.39, 0.29) is 17.6 Å². The van der Waals surface area contributed by atoms with Crippen LogP contribution in [0, 0.1) is 5.82 Å². The van der Waals surface area contributed by atoms with Crippen molar-refractivity contribution in [1.82, 2.24) is 14.9 Å². The fraction of sp³-hybridized carbons (Fsp3) is 0.261. The number of carbonyl (C=O) groups is 1. The van der Waals surface area contributed by atoms with E-state index in [1.807, 2.05) is 29.2 Å². The molecule has 0 saturated carbocycles. The van der Waals surface area contributed by atoms with Crippen molar-refractivity contribution in [2.45, 2.75) is 25.2 Å². The Morgan fingerprint density at radius 1 is 1.14 bits per heavy atom. The van der Waals surface area contributed by atoms with Gasteiger partial charge in [0, 0.05) is 30.8 Å². The van der Waals surface area contributed by atoms with Crippen LogP contribution in [0.2, 0.25) is 0 Å². The first-order chi connectivity index (χ1) is 13.6. The van der Waals surface area contributed by atoms with Crippen molar-refractivity contribution in [2.75, 3.05) is 13.1 Å². The van der Waals surface area contributed by atoms with Gasteiger partial charge in [-0.05, 0) is 42.7 Å². The van der Waals surface area contributed by atoms with Crippen molar-refractivity contribution in [2.24, 2.45) is 0 Å². The smallest absolute Gasteiger partial charge is 0.245 e. The summed E-state index contributed by atoms with van der Waals surface area (Å²) in [6.07, 6.45) is 3.70. The number of para-hydroxylation sites is 1. The number of amides is 1. The molecule has 4 rings (SSSR count). The first kappa shape index (κ1) is 18.3. The maximum Gasteiger partial charge on any atom is 0.245 e. The van der Waals surface area contributed by atoms with E-state index in [0.29, 0.717) is 13.0 Å². The van der Waals surface area contributed by atoms with Crippen LogP contribution in [0.15, 0.2) is 61.2 Å². The molecule has 1 aliphatic rings. The minimum absolute atomic E-state index is 0.0302. The zero-order valence-corrected chi connectivity index (χ0v) is 15.6. The van der Waals surface area contributed by atoms with E-state index in [2.05, 4.69) is 6.58 Å². The van der Waals surface area contributed by atoms with E-state index in [1.165, 1.54) is 18.2 Å². The van der Waals surface area contributed by atoms with Crippen LogP contribution in [0.4, 0.5) is 4.39 Å².